The molecule has 168 valence electrons. The second kappa shape index (κ2) is 9.05. The molecule has 3 aromatic rings. The van der Waals surface area contributed by atoms with Crippen LogP contribution >= 0.6 is 0 Å². The Morgan fingerprint density at radius 2 is 1.91 bits per heavy atom. The zero-order valence-corrected chi connectivity index (χ0v) is 18.1. The lowest BCUT2D eigenvalue weighted by Crippen LogP contribution is -2.36. The number of nitrogens with one attached hydrogen (secondary N) is 2. The van der Waals surface area contributed by atoms with Crippen LogP contribution in [0.5, 0.6) is 0 Å². The predicted octanol–water partition coefficient (Wildman–Crippen LogP) is 3.63. The van der Waals surface area contributed by atoms with E-state index in [0.717, 1.165) is 42.7 Å². The summed E-state index contributed by atoms with van der Waals surface area (Å²) < 4.78 is 5.16. The summed E-state index contributed by atoms with van der Waals surface area (Å²) in [5.41, 5.74) is 5.17. The van der Waals surface area contributed by atoms with Crippen LogP contribution < -0.4 is 10.6 Å². The number of aliphatic hydroxyl groups excluding tert-OH is 1. The molecule has 33 heavy (non-hydrogen) atoms. The van der Waals surface area contributed by atoms with Gasteiger partial charge in [-0.05, 0) is 60.8 Å². The summed E-state index contributed by atoms with van der Waals surface area (Å²) in [7, 11) is 0. The lowest BCUT2D eigenvalue weighted by atomic mass is 9.92. The number of hydrogen-bond donors (Lipinski definition) is 3. The third-order valence-electron chi connectivity index (χ3n) is 6.31. The summed E-state index contributed by atoms with van der Waals surface area (Å²) in [4.78, 5) is 27.2. The molecule has 0 bridgehead atoms. The predicted molar refractivity (Wildman–Crippen MR) is 125 cm³/mol. The van der Waals surface area contributed by atoms with Crippen molar-refractivity contribution in [2.75, 3.05) is 18.5 Å². The minimum absolute atomic E-state index is 0.196. The van der Waals surface area contributed by atoms with Gasteiger partial charge < -0.3 is 14.8 Å². The van der Waals surface area contributed by atoms with Crippen molar-refractivity contribution >= 4 is 23.1 Å². The second-order valence-corrected chi connectivity index (χ2v) is 8.40. The molecule has 2 aliphatic heterocycles. The lowest BCUT2D eigenvalue weighted by molar-refractivity contribution is -0.114. The number of fused-ring (bicyclic) bond motifs is 1. The highest BCUT2D eigenvalue weighted by Gasteiger charge is 2.28. The van der Waals surface area contributed by atoms with Gasteiger partial charge in [0.25, 0.3) is 11.8 Å². The van der Waals surface area contributed by atoms with Crippen LogP contribution in [0.2, 0.25) is 0 Å². The van der Waals surface area contributed by atoms with E-state index in [9.17, 15) is 14.7 Å². The summed E-state index contributed by atoms with van der Waals surface area (Å²) in [5, 5.41) is 15.1. The fourth-order valence-corrected chi connectivity index (χ4v) is 4.48. The van der Waals surface area contributed by atoms with Crippen molar-refractivity contribution in [3.8, 4) is 11.1 Å². The lowest BCUT2D eigenvalue weighted by Gasteiger charge is -2.22. The van der Waals surface area contributed by atoms with E-state index in [2.05, 4.69) is 15.5 Å². The van der Waals surface area contributed by atoms with Gasteiger partial charge in [-0.25, -0.2) is 0 Å². The van der Waals surface area contributed by atoms with Gasteiger partial charge in [0.05, 0.1) is 24.7 Å². The van der Waals surface area contributed by atoms with E-state index >= 15 is 0 Å². The second-order valence-electron chi connectivity index (χ2n) is 8.40. The molecule has 0 aliphatic carbocycles. The van der Waals surface area contributed by atoms with Crippen LogP contribution in [0.25, 0.3) is 16.7 Å². The number of imide groups is 1. The molecule has 1 saturated heterocycles. The van der Waals surface area contributed by atoms with Gasteiger partial charge in [-0.2, -0.15) is 0 Å². The van der Waals surface area contributed by atoms with E-state index in [1.54, 1.807) is 24.8 Å². The Bertz CT molecular complexity index is 1200. The number of likely N-dealkylation sites (tertiary alicyclic amines) is 1. The average Bonchev–Trinajstić information content (AvgIpc) is 3.52. The van der Waals surface area contributed by atoms with Crippen molar-refractivity contribution in [2.24, 2.45) is 0 Å². The number of nitrogens with zero attached hydrogens (tertiary/aromatic N) is 1. The molecule has 0 spiro atoms. The van der Waals surface area contributed by atoms with Crippen LogP contribution in [0, 0.1) is 0 Å². The van der Waals surface area contributed by atoms with Crippen LogP contribution in [0.4, 0.5) is 5.69 Å². The molecule has 2 amide bonds. The molecule has 0 saturated carbocycles. The van der Waals surface area contributed by atoms with E-state index in [-0.39, 0.29) is 12.6 Å². The van der Waals surface area contributed by atoms with Gasteiger partial charge >= 0.3 is 0 Å². The Labute approximate surface area is 191 Å². The van der Waals surface area contributed by atoms with E-state index in [4.69, 9.17) is 4.42 Å². The quantitative estimate of drug-likeness (QED) is 0.398. The molecule has 2 aromatic carbocycles. The van der Waals surface area contributed by atoms with Gasteiger partial charge in [0.15, 0.2) is 0 Å². The maximum Gasteiger partial charge on any atom is 0.260 e. The van der Waals surface area contributed by atoms with Gasteiger partial charge in [0, 0.05) is 41.2 Å². The van der Waals surface area contributed by atoms with E-state index in [1.165, 1.54) is 5.56 Å². The molecule has 7 nitrogen and oxygen atoms in total. The molecule has 5 rings (SSSR count). The molecule has 1 fully saturated rings. The SMILES string of the molecule is O=C1NC(=O)c2ccc(-c3ccoc3)cc2C1=CNc1ccc(CN2CCCC2CO)cc1. The standard InChI is InChI=1S/C26H25N3O4/c30-15-21-2-1-10-29(21)14-17-3-6-20(7-4-17)27-13-24-23-12-18(19-9-11-33-16-19)5-8-22(23)25(31)28-26(24)32/h3-9,11-13,16,21,27,30H,1-2,10,14-15H2,(H,28,31,32). The molecule has 3 heterocycles. The first-order chi connectivity index (χ1) is 16.1. The van der Waals surface area contributed by atoms with Gasteiger partial charge in [0.1, 0.15) is 0 Å². The molecule has 1 aromatic heterocycles. The number of hydrogen-bond acceptors (Lipinski definition) is 6. The molecule has 7 heteroatoms. The zero-order chi connectivity index (χ0) is 22.8. The molecule has 1 unspecified atom stereocenters. The summed E-state index contributed by atoms with van der Waals surface area (Å²) >= 11 is 0. The van der Waals surface area contributed by atoms with Crippen LogP contribution in [-0.2, 0) is 11.3 Å². The molecular formula is C26H25N3O4. The topological polar surface area (TPSA) is 94.8 Å². The fraction of sp³-hybridized carbons (Fsp3) is 0.231. The smallest absolute Gasteiger partial charge is 0.260 e. The Morgan fingerprint density at radius 1 is 1.06 bits per heavy atom. The van der Waals surface area contributed by atoms with Crippen molar-refractivity contribution in [3.63, 3.8) is 0 Å². The highest BCUT2D eigenvalue weighted by atomic mass is 16.3. The van der Waals surface area contributed by atoms with Crippen molar-refractivity contribution in [2.45, 2.75) is 25.4 Å². The number of rotatable bonds is 6. The maximum absolute atomic E-state index is 12.6. The van der Waals surface area contributed by atoms with Crippen LogP contribution in [0.15, 0.2) is 71.7 Å². The van der Waals surface area contributed by atoms with E-state index in [0.29, 0.717) is 16.7 Å². The van der Waals surface area contributed by atoms with Crippen LogP contribution in [0.3, 0.4) is 0 Å². The fourth-order valence-electron chi connectivity index (χ4n) is 4.48. The molecule has 1 atom stereocenters. The normalized spacial score (nSPS) is 19.5. The Balaban J connectivity index is 1.36. The van der Waals surface area contributed by atoms with Crippen molar-refractivity contribution in [1.82, 2.24) is 10.2 Å². The number of benzene rings is 2. The maximum atomic E-state index is 12.6. The molecule has 3 N–H and O–H groups in total. The number of anilines is 1. The number of amides is 2. The monoisotopic (exact) mass is 443 g/mol. The zero-order valence-electron chi connectivity index (χ0n) is 18.1. The third kappa shape index (κ3) is 4.33. The molecule has 2 aliphatic rings. The Morgan fingerprint density at radius 3 is 2.67 bits per heavy atom. The van der Waals surface area contributed by atoms with Gasteiger partial charge in [-0.3, -0.25) is 19.8 Å². The van der Waals surface area contributed by atoms with Crippen molar-refractivity contribution in [3.05, 3.63) is 83.9 Å². The summed E-state index contributed by atoms with van der Waals surface area (Å²) in [6, 6.07) is 15.5. The largest absolute Gasteiger partial charge is 0.472 e. The van der Waals surface area contributed by atoms with Gasteiger partial charge in [-0.15, -0.1) is 0 Å². The minimum Gasteiger partial charge on any atom is -0.472 e. The minimum atomic E-state index is -0.440. The van der Waals surface area contributed by atoms with Gasteiger partial charge in [-0.1, -0.05) is 18.2 Å². The number of furan rings is 1. The molecule has 0 radical (unpaired) electrons. The summed E-state index contributed by atoms with van der Waals surface area (Å²) in [5.74, 6) is -0.844. The van der Waals surface area contributed by atoms with Crippen LogP contribution in [0.1, 0.15) is 34.3 Å². The number of carbonyl (C=O) groups excluding carboxylic acids is 2. The van der Waals surface area contributed by atoms with E-state index in [1.807, 2.05) is 42.5 Å². The summed E-state index contributed by atoms with van der Waals surface area (Å²) in [6.45, 7) is 2.01. The molecular weight excluding hydrogens is 418 g/mol. The first-order valence-corrected chi connectivity index (χ1v) is 11.1. The Hall–Kier alpha value is -3.68. The average molecular weight is 444 g/mol. The van der Waals surface area contributed by atoms with Gasteiger partial charge in [0.2, 0.25) is 0 Å². The highest BCUT2D eigenvalue weighted by molar-refractivity contribution is 6.31. The van der Waals surface area contributed by atoms with Crippen molar-refractivity contribution in [1.29, 1.82) is 0 Å². The summed E-state index contributed by atoms with van der Waals surface area (Å²) in [6.07, 6.45) is 7.00. The first-order valence-electron chi connectivity index (χ1n) is 11.1. The first kappa shape index (κ1) is 21.2. The van der Waals surface area contributed by atoms with E-state index < -0.39 is 11.8 Å². The highest BCUT2D eigenvalue weighted by Crippen LogP contribution is 2.30. The third-order valence-corrected chi connectivity index (χ3v) is 6.31. The number of carbonyl (C=O) groups is 2. The number of aliphatic hydroxyl groups is 1. The van der Waals surface area contributed by atoms with Crippen LogP contribution in [-0.4, -0.2) is 41.0 Å². The Kier molecular flexibility index (Phi) is 5.81. The van der Waals surface area contributed by atoms with Crippen molar-refractivity contribution < 1.29 is 19.1 Å².